The SMILES string of the molecule is c1csc(CCOc2cc(CNC3CC3)ccn2)c1. The third kappa shape index (κ3) is 4.04. The second kappa shape index (κ2) is 6.17. The lowest BCUT2D eigenvalue weighted by Crippen LogP contribution is -2.15. The molecule has 0 aliphatic heterocycles. The van der Waals surface area contributed by atoms with Crippen molar-refractivity contribution in [1.29, 1.82) is 0 Å². The van der Waals surface area contributed by atoms with Crippen molar-refractivity contribution in [2.75, 3.05) is 6.61 Å². The fourth-order valence-electron chi connectivity index (χ4n) is 1.90. The summed E-state index contributed by atoms with van der Waals surface area (Å²) in [6.07, 6.45) is 5.40. The first-order valence-electron chi connectivity index (χ1n) is 6.73. The Hall–Kier alpha value is -1.39. The quantitative estimate of drug-likeness (QED) is 0.842. The molecule has 0 radical (unpaired) electrons. The van der Waals surface area contributed by atoms with E-state index in [1.807, 2.05) is 18.3 Å². The zero-order chi connectivity index (χ0) is 12.9. The highest BCUT2D eigenvalue weighted by Crippen LogP contribution is 2.19. The first kappa shape index (κ1) is 12.6. The van der Waals surface area contributed by atoms with Gasteiger partial charge in [0.2, 0.25) is 5.88 Å². The molecule has 1 fully saturated rings. The molecule has 3 nitrogen and oxygen atoms in total. The molecule has 0 atom stereocenters. The summed E-state index contributed by atoms with van der Waals surface area (Å²) in [6.45, 7) is 1.60. The number of hydrogen-bond acceptors (Lipinski definition) is 4. The molecule has 4 heteroatoms. The second-order valence-corrected chi connectivity index (χ2v) is 5.87. The standard InChI is InChI=1S/C15H18N2OS/c1-2-14(19-9-1)6-8-18-15-10-12(5-7-16-15)11-17-13-3-4-13/h1-2,5,7,9-10,13,17H,3-4,6,8,11H2. The van der Waals surface area contributed by atoms with E-state index in [9.17, 15) is 0 Å². The van der Waals surface area contributed by atoms with Gasteiger partial charge in [0, 0.05) is 36.1 Å². The van der Waals surface area contributed by atoms with Crippen LogP contribution in [0.25, 0.3) is 0 Å². The Labute approximate surface area is 117 Å². The number of rotatable bonds is 7. The van der Waals surface area contributed by atoms with Gasteiger partial charge in [-0.15, -0.1) is 11.3 Å². The van der Waals surface area contributed by atoms with Crippen LogP contribution in [-0.2, 0) is 13.0 Å². The van der Waals surface area contributed by atoms with E-state index in [1.165, 1.54) is 23.3 Å². The topological polar surface area (TPSA) is 34.1 Å². The smallest absolute Gasteiger partial charge is 0.213 e. The van der Waals surface area contributed by atoms with Gasteiger partial charge >= 0.3 is 0 Å². The minimum Gasteiger partial charge on any atom is -0.477 e. The Bertz CT molecular complexity index is 509. The van der Waals surface area contributed by atoms with E-state index in [1.54, 1.807) is 11.3 Å². The van der Waals surface area contributed by atoms with Gasteiger partial charge in [0.25, 0.3) is 0 Å². The monoisotopic (exact) mass is 274 g/mol. The summed E-state index contributed by atoms with van der Waals surface area (Å²) in [5, 5.41) is 5.59. The van der Waals surface area contributed by atoms with Gasteiger partial charge in [-0.05, 0) is 35.9 Å². The van der Waals surface area contributed by atoms with E-state index in [2.05, 4.69) is 27.8 Å². The van der Waals surface area contributed by atoms with Gasteiger partial charge in [-0.3, -0.25) is 0 Å². The summed E-state index contributed by atoms with van der Waals surface area (Å²) in [7, 11) is 0. The molecule has 2 aromatic heterocycles. The predicted molar refractivity (Wildman–Crippen MR) is 77.6 cm³/mol. The van der Waals surface area contributed by atoms with Crippen molar-refractivity contribution in [2.24, 2.45) is 0 Å². The van der Waals surface area contributed by atoms with E-state index >= 15 is 0 Å². The molecule has 19 heavy (non-hydrogen) atoms. The van der Waals surface area contributed by atoms with E-state index in [-0.39, 0.29) is 0 Å². The average Bonchev–Trinajstić information content (AvgIpc) is 3.13. The summed E-state index contributed by atoms with van der Waals surface area (Å²) in [4.78, 5) is 5.61. The molecule has 2 aromatic rings. The number of aromatic nitrogens is 1. The van der Waals surface area contributed by atoms with Crippen molar-refractivity contribution in [3.05, 3.63) is 46.3 Å². The zero-order valence-corrected chi connectivity index (χ0v) is 11.7. The van der Waals surface area contributed by atoms with E-state index in [0.29, 0.717) is 6.61 Å². The van der Waals surface area contributed by atoms with Crippen molar-refractivity contribution in [3.63, 3.8) is 0 Å². The molecule has 1 saturated carbocycles. The number of ether oxygens (including phenoxy) is 1. The van der Waals surface area contributed by atoms with Crippen LogP contribution in [0.4, 0.5) is 0 Å². The van der Waals surface area contributed by atoms with Crippen molar-refractivity contribution in [3.8, 4) is 5.88 Å². The van der Waals surface area contributed by atoms with Crippen LogP contribution < -0.4 is 10.1 Å². The number of pyridine rings is 1. The highest BCUT2D eigenvalue weighted by molar-refractivity contribution is 7.09. The summed E-state index contributed by atoms with van der Waals surface area (Å²) >= 11 is 1.77. The van der Waals surface area contributed by atoms with Crippen LogP contribution in [0.5, 0.6) is 5.88 Å². The lowest BCUT2D eigenvalue weighted by atomic mass is 10.2. The molecule has 1 aliphatic rings. The Balaban J connectivity index is 1.47. The summed E-state index contributed by atoms with van der Waals surface area (Å²) in [5.41, 5.74) is 1.24. The number of hydrogen-bond donors (Lipinski definition) is 1. The Kier molecular flexibility index (Phi) is 4.10. The largest absolute Gasteiger partial charge is 0.477 e. The predicted octanol–water partition coefficient (Wildman–Crippen LogP) is 3.02. The maximum Gasteiger partial charge on any atom is 0.213 e. The molecular formula is C15H18N2OS. The number of nitrogens with zero attached hydrogens (tertiary/aromatic N) is 1. The molecular weight excluding hydrogens is 256 g/mol. The average molecular weight is 274 g/mol. The highest BCUT2D eigenvalue weighted by Gasteiger charge is 2.19. The van der Waals surface area contributed by atoms with Gasteiger partial charge in [0.1, 0.15) is 0 Å². The van der Waals surface area contributed by atoms with Crippen LogP contribution in [0.15, 0.2) is 35.8 Å². The third-order valence-corrected chi connectivity index (χ3v) is 4.09. The number of thiophene rings is 1. The molecule has 0 bridgehead atoms. The maximum absolute atomic E-state index is 5.71. The Morgan fingerprint density at radius 2 is 2.32 bits per heavy atom. The highest BCUT2D eigenvalue weighted by atomic mass is 32.1. The third-order valence-electron chi connectivity index (χ3n) is 3.15. The van der Waals surface area contributed by atoms with Crippen LogP contribution in [0, 0.1) is 0 Å². The van der Waals surface area contributed by atoms with Gasteiger partial charge in [-0.1, -0.05) is 6.07 Å². The van der Waals surface area contributed by atoms with Gasteiger partial charge in [0.15, 0.2) is 0 Å². The Morgan fingerprint density at radius 3 is 3.11 bits per heavy atom. The van der Waals surface area contributed by atoms with Gasteiger partial charge in [0.05, 0.1) is 6.61 Å². The first-order chi connectivity index (χ1) is 9.40. The van der Waals surface area contributed by atoms with Gasteiger partial charge in [-0.25, -0.2) is 4.98 Å². The van der Waals surface area contributed by atoms with Crippen molar-refractivity contribution < 1.29 is 4.74 Å². The minimum atomic E-state index is 0.688. The number of nitrogens with one attached hydrogen (secondary N) is 1. The summed E-state index contributed by atoms with van der Waals surface area (Å²) in [6, 6.07) is 9.02. The zero-order valence-electron chi connectivity index (χ0n) is 10.8. The van der Waals surface area contributed by atoms with E-state index in [4.69, 9.17) is 4.74 Å². The first-order valence-corrected chi connectivity index (χ1v) is 7.61. The molecule has 1 aliphatic carbocycles. The molecule has 0 aromatic carbocycles. The van der Waals surface area contributed by atoms with E-state index in [0.717, 1.165) is 24.9 Å². The Morgan fingerprint density at radius 1 is 1.37 bits per heavy atom. The lowest BCUT2D eigenvalue weighted by molar-refractivity contribution is 0.310. The van der Waals surface area contributed by atoms with Gasteiger partial charge in [-0.2, -0.15) is 0 Å². The fourth-order valence-corrected chi connectivity index (χ4v) is 2.59. The molecule has 0 unspecified atom stereocenters. The summed E-state index contributed by atoms with van der Waals surface area (Å²) in [5.74, 6) is 0.728. The normalized spacial score (nSPS) is 14.5. The van der Waals surface area contributed by atoms with Crippen LogP contribution in [0.1, 0.15) is 23.3 Å². The van der Waals surface area contributed by atoms with Crippen molar-refractivity contribution >= 4 is 11.3 Å². The minimum absolute atomic E-state index is 0.688. The maximum atomic E-state index is 5.71. The van der Waals surface area contributed by atoms with Crippen LogP contribution in [-0.4, -0.2) is 17.6 Å². The lowest BCUT2D eigenvalue weighted by Gasteiger charge is -2.07. The molecule has 0 spiro atoms. The van der Waals surface area contributed by atoms with E-state index < -0.39 is 0 Å². The van der Waals surface area contributed by atoms with Crippen molar-refractivity contribution in [1.82, 2.24) is 10.3 Å². The molecule has 2 heterocycles. The molecule has 100 valence electrons. The molecule has 1 N–H and O–H groups in total. The molecule has 0 saturated heterocycles. The summed E-state index contributed by atoms with van der Waals surface area (Å²) < 4.78 is 5.71. The molecule has 3 rings (SSSR count). The van der Waals surface area contributed by atoms with Crippen molar-refractivity contribution in [2.45, 2.75) is 31.8 Å². The molecule has 0 amide bonds. The van der Waals surface area contributed by atoms with Gasteiger partial charge < -0.3 is 10.1 Å². The fraction of sp³-hybridized carbons (Fsp3) is 0.400. The van der Waals surface area contributed by atoms with Crippen LogP contribution in [0.3, 0.4) is 0 Å². The van der Waals surface area contributed by atoms with Crippen LogP contribution in [0.2, 0.25) is 0 Å². The second-order valence-electron chi connectivity index (χ2n) is 4.84. The van der Waals surface area contributed by atoms with Crippen LogP contribution >= 0.6 is 11.3 Å².